The van der Waals surface area contributed by atoms with E-state index in [4.69, 9.17) is 9.63 Å². The van der Waals surface area contributed by atoms with Crippen LogP contribution in [0.2, 0.25) is 0 Å². The molecule has 2 N–H and O–H groups in total. The monoisotopic (exact) mass is 256 g/mol. The van der Waals surface area contributed by atoms with Gasteiger partial charge >= 0.3 is 5.97 Å². The Balaban J connectivity index is 2.06. The zero-order chi connectivity index (χ0) is 13.2. The molecule has 7 heteroatoms. The quantitative estimate of drug-likeness (QED) is 0.740. The second-order valence-electron chi connectivity index (χ2n) is 3.71. The number of carboxylic acid groups (broad SMARTS) is 1. The lowest BCUT2D eigenvalue weighted by molar-refractivity contribution is 0.0697. The molecule has 0 spiro atoms. The molecule has 1 aromatic carbocycles. The van der Waals surface area contributed by atoms with Crippen molar-refractivity contribution >= 4 is 5.97 Å². The van der Waals surface area contributed by atoms with Crippen LogP contribution in [0.25, 0.3) is 23.1 Å². The molecular weight excluding hydrogens is 248 g/mol. The van der Waals surface area contributed by atoms with Crippen molar-refractivity contribution in [3.05, 3.63) is 42.2 Å². The highest BCUT2D eigenvalue weighted by Crippen LogP contribution is 2.23. The van der Waals surface area contributed by atoms with E-state index in [0.29, 0.717) is 11.4 Å². The smallest absolute Gasteiger partial charge is 0.336 e. The highest BCUT2D eigenvalue weighted by Gasteiger charge is 2.17. The molecule has 3 rings (SSSR count). The minimum Gasteiger partial charge on any atom is -0.478 e. The van der Waals surface area contributed by atoms with Gasteiger partial charge in [-0.3, -0.25) is 0 Å². The Bertz CT molecular complexity index is 718. The molecule has 0 fully saturated rings. The summed E-state index contributed by atoms with van der Waals surface area (Å²) >= 11 is 0. The van der Waals surface area contributed by atoms with Crippen molar-refractivity contribution in [2.45, 2.75) is 0 Å². The standard InChI is InChI=1S/C12H8N4O3/c17-12(18)8-4-2-1-3-7(8)11-15-10(16-19-11)9-13-5-6-14-9/h1-6H,(H,13,14)(H,17,18). The first-order chi connectivity index (χ1) is 9.25. The fourth-order valence-corrected chi connectivity index (χ4v) is 1.67. The summed E-state index contributed by atoms with van der Waals surface area (Å²) in [4.78, 5) is 22.1. The molecule has 0 saturated carbocycles. The van der Waals surface area contributed by atoms with Crippen LogP contribution in [0, 0.1) is 0 Å². The first-order valence-electron chi connectivity index (χ1n) is 5.42. The maximum absolute atomic E-state index is 11.1. The molecule has 0 saturated heterocycles. The number of benzene rings is 1. The van der Waals surface area contributed by atoms with Gasteiger partial charge in [-0.1, -0.05) is 17.3 Å². The number of aromatic nitrogens is 4. The molecule has 0 atom stereocenters. The lowest BCUT2D eigenvalue weighted by Gasteiger charge is -1.99. The van der Waals surface area contributed by atoms with Gasteiger partial charge in [0.2, 0.25) is 5.82 Å². The summed E-state index contributed by atoms with van der Waals surface area (Å²) < 4.78 is 5.08. The van der Waals surface area contributed by atoms with Crippen LogP contribution in [0.4, 0.5) is 0 Å². The maximum Gasteiger partial charge on any atom is 0.336 e. The van der Waals surface area contributed by atoms with E-state index in [1.54, 1.807) is 30.6 Å². The molecule has 0 amide bonds. The molecule has 0 aliphatic rings. The third kappa shape index (κ3) is 1.97. The summed E-state index contributed by atoms with van der Waals surface area (Å²) in [7, 11) is 0. The number of nitrogens with one attached hydrogen (secondary N) is 1. The number of rotatable bonds is 3. The lowest BCUT2D eigenvalue weighted by atomic mass is 10.1. The highest BCUT2D eigenvalue weighted by atomic mass is 16.5. The highest BCUT2D eigenvalue weighted by molar-refractivity contribution is 5.94. The first kappa shape index (κ1) is 11.1. The van der Waals surface area contributed by atoms with E-state index in [1.165, 1.54) is 6.07 Å². The van der Waals surface area contributed by atoms with E-state index in [0.717, 1.165) is 0 Å². The van der Waals surface area contributed by atoms with Crippen LogP contribution in [0.5, 0.6) is 0 Å². The van der Waals surface area contributed by atoms with Gasteiger partial charge in [-0.15, -0.1) is 0 Å². The molecule has 0 radical (unpaired) electrons. The summed E-state index contributed by atoms with van der Waals surface area (Å²) in [6.07, 6.45) is 3.20. The van der Waals surface area contributed by atoms with Gasteiger partial charge in [-0.2, -0.15) is 4.98 Å². The van der Waals surface area contributed by atoms with Gasteiger partial charge in [0.15, 0.2) is 5.82 Å². The molecule has 0 aliphatic carbocycles. The Morgan fingerprint density at radius 1 is 1.32 bits per heavy atom. The van der Waals surface area contributed by atoms with Gasteiger partial charge in [-0.05, 0) is 12.1 Å². The average Bonchev–Trinajstić information content (AvgIpc) is 3.09. The van der Waals surface area contributed by atoms with Crippen molar-refractivity contribution < 1.29 is 14.4 Å². The molecule has 94 valence electrons. The van der Waals surface area contributed by atoms with Crippen molar-refractivity contribution in [2.75, 3.05) is 0 Å². The van der Waals surface area contributed by atoms with Crippen LogP contribution in [0.3, 0.4) is 0 Å². The molecule has 19 heavy (non-hydrogen) atoms. The van der Waals surface area contributed by atoms with E-state index < -0.39 is 5.97 Å². The van der Waals surface area contributed by atoms with Crippen molar-refractivity contribution in [2.24, 2.45) is 0 Å². The van der Waals surface area contributed by atoms with Gasteiger partial charge in [-0.25, -0.2) is 9.78 Å². The molecular formula is C12H8N4O3. The predicted octanol–water partition coefficient (Wildman–Crippen LogP) is 1.82. The van der Waals surface area contributed by atoms with Crippen LogP contribution < -0.4 is 0 Å². The molecule has 0 unspecified atom stereocenters. The second-order valence-corrected chi connectivity index (χ2v) is 3.71. The van der Waals surface area contributed by atoms with Crippen molar-refractivity contribution in [1.29, 1.82) is 0 Å². The molecule has 3 aromatic rings. The van der Waals surface area contributed by atoms with Crippen molar-refractivity contribution in [3.8, 4) is 23.1 Å². The fraction of sp³-hybridized carbons (Fsp3) is 0. The Morgan fingerprint density at radius 3 is 2.89 bits per heavy atom. The molecule has 2 aromatic heterocycles. The molecule has 7 nitrogen and oxygen atoms in total. The number of H-pyrrole nitrogens is 1. The van der Waals surface area contributed by atoms with Crippen LogP contribution in [0.15, 0.2) is 41.2 Å². The van der Waals surface area contributed by atoms with E-state index in [1.807, 2.05) is 0 Å². The van der Waals surface area contributed by atoms with Crippen LogP contribution in [-0.2, 0) is 0 Å². The maximum atomic E-state index is 11.1. The van der Waals surface area contributed by atoms with Crippen molar-refractivity contribution in [3.63, 3.8) is 0 Å². The molecule has 0 bridgehead atoms. The van der Waals surface area contributed by atoms with E-state index >= 15 is 0 Å². The Hall–Kier alpha value is -2.96. The summed E-state index contributed by atoms with van der Waals surface area (Å²) in [5.41, 5.74) is 0.484. The summed E-state index contributed by atoms with van der Waals surface area (Å²) in [6.45, 7) is 0. The number of nitrogens with zero attached hydrogens (tertiary/aromatic N) is 3. The number of carbonyl (C=O) groups is 1. The van der Waals surface area contributed by atoms with E-state index in [9.17, 15) is 4.79 Å². The first-order valence-corrected chi connectivity index (χ1v) is 5.42. The van der Waals surface area contributed by atoms with Crippen molar-refractivity contribution in [1.82, 2.24) is 20.1 Å². The minimum atomic E-state index is -1.05. The number of imidazole rings is 1. The SMILES string of the molecule is O=C(O)c1ccccc1-c1nc(-c2ncc[nH]2)no1. The molecule has 2 heterocycles. The summed E-state index contributed by atoms with van der Waals surface area (Å²) in [5.74, 6) is -0.166. The minimum absolute atomic E-state index is 0.108. The average molecular weight is 256 g/mol. The Kier molecular flexibility index (Phi) is 2.57. The number of aromatic amines is 1. The van der Waals surface area contributed by atoms with Gasteiger partial charge in [0, 0.05) is 12.4 Å². The summed E-state index contributed by atoms with van der Waals surface area (Å²) in [6, 6.07) is 6.44. The topological polar surface area (TPSA) is 105 Å². The van der Waals surface area contributed by atoms with Crippen LogP contribution >= 0.6 is 0 Å². The third-order valence-electron chi connectivity index (χ3n) is 2.52. The Labute approximate surface area is 106 Å². The summed E-state index contributed by atoms with van der Waals surface area (Å²) in [5, 5.41) is 12.9. The largest absolute Gasteiger partial charge is 0.478 e. The van der Waals surface area contributed by atoms with E-state index in [-0.39, 0.29) is 17.3 Å². The number of hydrogen-bond acceptors (Lipinski definition) is 5. The third-order valence-corrected chi connectivity index (χ3v) is 2.52. The van der Waals surface area contributed by atoms with Gasteiger partial charge < -0.3 is 14.6 Å². The number of hydrogen-bond donors (Lipinski definition) is 2. The van der Waals surface area contributed by atoms with Gasteiger partial charge in [0.1, 0.15) is 0 Å². The zero-order valence-electron chi connectivity index (χ0n) is 9.57. The molecule has 0 aliphatic heterocycles. The Morgan fingerprint density at radius 2 is 2.16 bits per heavy atom. The lowest BCUT2D eigenvalue weighted by Crippen LogP contribution is -1.99. The predicted molar refractivity (Wildman–Crippen MR) is 64.3 cm³/mol. The normalized spacial score (nSPS) is 10.5. The van der Waals surface area contributed by atoms with Crippen LogP contribution in [-0.4, -0.2) is 31.2 Å². The number of aromatic carboxylic acids is 1. The zero-order valence-corrected chi connectivity index (χ0v) is 9.57. The van der Waals surface area contributed by atoms with E-state index in [2.05, 4.69) is 20.1 Å². The van der Waals surface area contributed by atoms with Gasteiger partial charge in [0.25, 0.3) is 5.89 Å². The number of carboxylic acids is 1. The second kappa shape index (κ2) is 4.37. The fourth-order valence-electron chi connectivity index (χ4n) is 1.67. The van der Waals surface area contributed by atoms with Crippen LogP contribution in [0.1, 0.15) is 10.4 Å². The van der Waals surface area contributed by atoms with Gasteiger partial charge in [0.05, 0.1) is 11.1 Å².